The van der Waals surface area contributed by atoms with E-state index in [-0.39, 0.29) is 12.2 Å². The number of pyridine rings is 1. The Bertz CT molecular complexity index is 384. The number of nitrogens with two attached hydrogens (primary N) is 1. The topological polar surface area (TPSA) is 62.7 Å². The lowest BCUT2D eigenvalue weighted by Gasteiger charge is -2.06. The van der Waals surface area contributed by atoms with E-state index in [4.69, 9.17) is 11.0 Å². The van der Waals surface area contributed by atoms with Gasteiger partial charge >= 0.3 is 0 Å². The van der Waals surface area contributed by atoms with Gasteiger partial charge in [-0.3, -0.25) is 0 Å². The number of rotatable bonds is 2. The molecule has 0 aliphatic heterocycles. The minimum absolute atomic E-state index is 0.225. The van der Waals surface area contributed by atoms with Crippen molar-refractivity contribution in [3.63, 3.8) is 0 Å². The Labute approximate surface area is 78.0 Å². The maximum absolute atomic E-state index is 12.8. The van der Waals surface area contributed by atoms with E-state index in [1.165, 1.54) is 6.07 Å². The molecule has 1 aromatic heterocycles. The van der Waals surface area contributed by atoms with Crippen LogP contribution >= 0.6 is 0 Å². The predicted molar refractivity (Wildman–Crippen MR) is 41.8 cm³/mol. The summed E-state index contributed by atoms with van der Waals surface area (Å²) in [5.74, 6) is -1.07. The van der Waals surface area contributed by atoms with Crippen molar-refractivity contribution in [3.05, 3.63) is 28.8 Å². The molecule has 3 nitrogen and oxygen atoms in total. The maximum Gasteiger partial charge on any atom is 0.265 e. The zero-order chi connectivity index (χ0) is 10.7. The molecule has 1 aromatic rings. The summed E-state index contributed by atoms with van der Waals surface area (Å²) in [5.41, 5.74) is 3.88. The van der Waals surface area contributed by atoms with Crippen LogP contribution in [0.4, 0.5) is 13.2 Å². The first-order chi connectivity index (χ1) is 6.60. The Morgan fingerprint density at radius 1 is 1.57 bits per heavy atom. The van der Waals surface area contributed by atoms with Gasteiger partial charge in [0.05, 0.1) is 5.69 Å². The van der Waals surface area contributed by atoms with Gasteiger partial charge in [-0.05, 0) is 6.07 Å². The summed E-state index contributed by atoms with van der Waals surface area (Å²) >= 11 is 0. The lowest BCUT2D eigenvalue weighted by molar-refractivity contribution is 0.149. The fourth-order valence-corrected chi connectivity index (χ4v) is 0.972. The minimum Gasteiger partial charge on any atom is -0.325 e. The zero-order valence-corrected chi connectivity index (χ0v) is 6.97. The van der Waals surface area contributed by atoms with Crippen LogP contribution in [0.1, 0.15) is 23.2 Å². The van der Waals surface area contributed by atoms with Crippen molar-refractivity contribution in [1.29, 1.82) is 5.26 Å². The molecule has 0 saturated carbocycles. The predicted octanol–water partition coefficient (Wildman–Crippen LogP) is 1.49. The van der Waals surface area contributed by atoms with Gasteiger partial charge in [0.25, 0.3) is 6.43 Å². The molecular formula is C8H6F3N3. The van der Waals surface area contributed by atoms with E-state index in [0.717, 1.165) is 6.07 Å². The molecule has 0 bridgehead atoms. The molecule has 0 aromatic carbocycles. The molecule has 0 spiro atoms. The molecule has 1 heterocycles. The quantitative estimate of drug-likeness (QED) is 0.737. The van der Waals surface area contributed by atoms with E-state index in [1.807, 2.05) is 0 Å². The van der Waals surface area contributed by atoms with Crippen molar-refractivity contribution >= 4 is 0 Å². The number of nitrogens with zero attached hydrogens (tertiary/aromatic N) is 2. The van der Waals surface area contributed by atoms with Crippen LogP contribution in [0.25, 0.3) is 0 Å². The fourth-order valence-electron chi connectivity index (χ4n) is 0.972. The van der Waals surface area contributed by atoms with Gasteiger partial charge in [-0.15, -0.1) is 0 Å². The summed E-state index contributed by atoms with van der Waals surface area (Å²) in [6.07, 6.45) is -2.81. The molecule has 0 atom stereocenters. The summed E-state index contributed by atoms with van der Waals surface area (Å²) in [5, 5.41) is 8.38. The molecule has 0 saturated heterocycles. The van der Waals surface area contributed by atoms with E-state index >= 15 is 0 Å². The van der Waals surface area contributed by atoms with Crippen molar-refractivity contribution in [1.82, 2.24) is 4.98 Å². The average Bonchev–Trinajstić information content (AvgIpc) is 2.16. The van der Waals surface area contributed by atoms with Crippen LogP contribution < -0.4 is 5.73 Å². The van der Waals surface area contributed by atoms with Crippen LogP contribution in [0.3, 0.4) is 0 Å². The Morgan fingerprint density at radius 3 is 2.64 bits per heavy atom. The molecule has 0 fully saturated rings. The number of alkyl halides is 2. The number of hydrogen-bond acceptors (Lipinski definition) is 3. The highest BCUT2D eigenvalue weighted by molar-refractivity contribution is 5.34. The summed E-state index contributed by atoms with van der Waals surface area (Å²) in [6.45, 7) is -0.289. The van der Waals surface area contributed by atoms with Crippen molar-refractivity contribution in [3.8, 4) is 6.07 Å². The lowest BCUT2D eigenvalue weighted by atomic mass is 10.1. The molecule has 14 heavy (non-hydrogen) atoms. The van der Waals surface area contributed by atoms with Crippen LogP contribution in [0.5, 0.6) is 0 Å². The van der Waals surface area contributed by atoms with E-state index < -0.39 is 23.5 Å². The van der Waals surface area contributed by atoms with Crippen molar-refractivity contribution < 1.29 is 13.2 Å². The second kappa shape index (κ2) is 4.07. The summed E-state index contributed by atoms with van der Waals surface area (Å²) in [7, 11) is 0. The molecule has 0 radical (unpaired) electrons. The highest BCUT2D eigenvalue weighted by atomic mass is 19.3. The number of hydrogen-bond donors (Lipinski definition) is 1. The molecule has 74 valence electrons. The Hall–Kier alpha value is -1.61. The first kappa shape index (κ1) is 10.5. The summed E-state index contributed by atoms with van der Waals surface area (Å²) in [4.78, 5) is 3.19. The van der Waals surface area contributed by atoms with Crippen LogP contribution in [0.2, 0.25) is 0 Å². The normalized spacial score (nSPS) is 10.3. The molecular weight excluding hydrogens is 195 g/mol. The lowest BCUT2D eigenvalue weighted by Crippen LogP contribution is -2.08. The highest BCUT2D eigenvalue weighted by Gasteiger charge is 2.17. The van der Waals surface area contributed by atoms with Crippen molar-refractivity contribution in [2.24, 2.45) is 5.73 Å². The number of aromatic nitrogens is 1. The summed E-state index contributed by atoms with van der Waals surface area (Å²) in [6, 6.07) is 2.20. The van der Waals surface area contributed by atoms with E-state index in [9.17, 15) is 13.2 Å². The van der Waals surface area contributed by atoms with Crippen LogP contribution in [0.15, 0.2) is 6.07 Å². The second-order valence-corrected chi connectivity index (χ2v) is 2.48. The molecule has 2 N–H and O–H groups in total. The Balaban J connectivity index is 3.34. The smallest absolute Gasteiger partial charge is 0.265 e. The first-order valence-electron chi connectivity index (χ1n) is 3.67. The highest BCUT2D eigenvalue weighted by Crippen LogP contribution is 2.23. The Kier molecular flexibility index (Phi) is 3.04. The standard InChI is InChI=1S/C8H6F3N3/c9-7(10)5-1-4(2-12)8(11)14-6(5)3-13/h1,7H,3,13H2. The first-order valence-corrected chi connectivity index (χ1v) is 3.67. The SMILES string of the molecule is N#Cc1cc(C(F)F)c(CN)nc1F. The zero-order valence-electron chi connectivity index (χ0n) is 6.97. The summed E-state index contributed by atoms with van der Waals surface area (Å²) < 4.78 is 37.5. The maximum atomic E-state index is 12.8. The van der Waals surface area contributed by atoms with Crippen LogP contribution in [0, 0.1) is 17.3 Å². The van der Waals surface area contributed by atoms with E-state index in [2.05, 4.69) is 4.98 Å². The van der Waals surface area contributed by atoms with Crippen LogP contribution in [-0.4, -0.2) is 4.98 Å². The third-order valence-corrected chi connectivity index (χ3v) is 1.64. The van der Waals surface area contributed by atoms with Gasteiger partial charge in [-0.2, -0.15) is 9.65 Å². The Morgan fingerprint density at radius 2 is 2.21 bits per heavy atom. The van der Waals surface area contributed by atoms with Gasteiger partial charge in [0.15, 0.2) is 0 Å². The molecule has 0 unspecified atom stereocenters. The third-order valence-electron chi connectivity index (χ3n) is 1.64. The van der Waals surface area contributed by atoms with Gasteiger partial charge in [-0.25, -0.2) is 13.8 Å². The molecule has 0 aliphatic carbocycles. The number of nitriles is 1. The third kappa shape index (κ3) is 1.83. The minimum atomic E-state index is -2.81. The van der Waals surface area contributed by atoms with Gasteiger partial charge in [0.1, 0.15) is 11.6 Å². The van der Waals surface area contributed by atoms with E-state index in [1.54, 1.807) is 0 Å². The number of halogens is 3. The van der Waals surface area contributed by atoms with Crippen LogP contribution in [-0.2, 0) is 6.54 Å². The molecule has 6 heteroatoms. The molecule has 0 amide bonds. The van der Waals surface area contributed by atoms with Gasteiger partial charge in [0.2, 0.25) is 5.95 Å². The largest absolute Gasteiger partial charge is 0.325 e. The van der Waals surface area contributed by atoms with Crippen molar-refractivity contribution in [2.75, 3.05) is 0 Å². The second-order valence-electron chi connectivity index (χ2n) is 2.48. The van der Waals surface area contributed by atoms with Crippen molar-refractivity contribution in [2.45, 2.75) is 13.0 Å². The van der Waals surface area contributed by atoms with Gasteiger partial charge in [-0.1, -0.05) is 0 Å². The van der Waals surface area contributed by atoms with E-state index in [0.29, 0.717) is 0 Å². The van der Waals surface area contributed by atoms with Gasteiger partial charge < -0.3 is 5.73 Å². The van der Waals surface area contributed by atoms with Gasteiger partial charge in [0, 0.05) is 12.1 Å². The fraction of sp³-hybridized carbons (Fsp3) is 0.250. The monoisotopic (exact) mass is 201 g/mol. The molecule has 1 rings (SSSR count). The molecule has 0 aliphatic rings. The average molecular weight is 201 g/mol.